The van der Waals surface area contributed by atoms with Crippen LogP contribution in [0, 0.1) is 10.1 Å². The number of carbonyl (C=O) groups excluding carboxylic acids is 1. The molecule has 25 heavy (non-hydrogen) atoms. The number of anilines is 1. The average Bonchev–Trinajstić information content (AvgIpc) is 2.61. The Labute approximate surface area is 149 Å². The van der Waals surface area contributed by atoms with Crippen LogP contribution in [0.2, 0.25) is 5.02 Å². The van der Waals surface area contributed by atoms with Crippen molar-refractivity contribution in [3.05, 3.63) is 63.2 Å². The Balaban J connectivity index is 2.21. The Morgan fingerprint density at radius 1 is 1.20 bits per heavy atom. The van der Waals surface area contributed by atoms with E-state index in [1.165, 1.54) is 44.6 Å². The van der Waals surface area contributed by atoms with Gasteiger partial charge in [-0.15, -0.1) is 0 Å². The summed E-state index contributed by atoms with van der Waals surface area (Å²) in [4.78, 5) is 22.5. The molecule has 0 bridgehead atoms. The van der Waals surface area contributed by atoms with E-state index in [-0.39, 0.29) is 16.4 Å². The van der Waals surface area contributed by atoms with E-state index in [1.54, 1.807) is 18.2 Å². The Morgan fingerprint density at radius 3 is 2.60 bits per heavy atom. The van der Waals surface area contributed by atoms with Crippen molar-refractivity contribution >= 4 is 35.0 Å². The molecular formula is C17H15ClN2O5. The molecule has 0 aliphatic rings. The van der Waals surface area contributed by atoms with Crippen molar-refractivity contribution in [1.82, 2.24) is 0 Å². The van der Waals surface area contributed by atoms with Gasteiger partial charge in [0.25, 0.3) is 5.69 Å². The monoisotopic (exact) mass is 362 g/mol. The maximum absolute atomic E-state index is 12.1. The molecule has 0 fully saturated rings. The minimum atomic E-state index is -0.615. The SMILES string of the molecule is COc1ccc(OC)c(C=CC(=O)Nc2ccc(Cl)cc2[N+](=O)[O-])c1. The molecular weight excluding hydrogens is 348 g/mol. The molecule has 0 saturated heterocycles. The second-order valence-electron chi connectivity index (χ2n) is 4.85. The predicted octanol–water partition coefficient (Wildman–Crippen LogP) is 3.92. The van der Waals surface area contributed by atoms with Gasteiger partial charge in [-0.25, -0.2) is 0 Å². The molecule has 7 nitrogen and oxygen atoms in total. The highest BCUT2D eigenvalue weighted by molar-refractivity contribution is 6.31. The maximum atomic E-state index is 12.1. The summed E-state index contributed by atoms with van der Waals surface area (Å²) in [5, 5.41) is 13.7. The number of halogens is 1. The molecule has 1 N–H and O–H groups in total. The summed E-state index contributed by atoms with van der Waals surface area (Å²) < 4.78 is 10.3. The van der Waals surface area contributed by atoms with Crippen LogP contribution in [0.5, 0.6) is 11.5 Å². The first-order valence-corrected chi connectivity index (χ1v) is 7.47. The first kappa shape index (κ1) is 18.3. The van der Waals surface area contributed by atoms with Crippen molar-refractivity contribution in [2.45, 2.75) is 0 Å². The number of nitrogens with zero attached hydrogens (tertiary/aromatic N) is 1. The molecule has 2 rings (SSSR count). The van der Waals surface area contributed by atoms with Crippen molar-refractivity contribution < 1.29 is 19.2 Å². The minimum absolute atomic E-state index is 0.0571. The minimum Gasteiger partial charge on any atom is -0.497 e. The van der Waals surface area contributed by atoms with Gasteiger partial charge in [-0.1, -0.05) is 11.6 Å². The summed E-state index contributed by atoms with van der Waals surface area (Å²) in [6.07, 6.45) is 2.77. The third kappa shape index (κ3) is 4.71. The summed E-state index contributed by atoms with van der Waals surface area (Å²) in [5.41, 5.74) is 0.400. The number of hydrogen-bond acceptors (Lipinski definition) is 5. The first-order valence-electron chi connectivity index (χ1n) is 7.09. The third-order valence-electron chi connectivity index (χ3n) is 3.27. The first-order chi connectivity index (χ1) is 11.9. The number of hydrogen-bond donors (Lipinski definition) is 1. The maximum Gasteiger partial charge on any atom is 0.294 e. The van der Waals surface area contributed by atoms with Crippen LogP contribution < -0.4 is 14.8 Å². The predicted molar refractivity (Wildman–Crippen MR) is 95.3 cm³/mol. The van der Waals surface area contributed by atoms with Gasteiger partial charge in [-0.05, 0) is 36.4 Å². The van der Waals surface area contributed by atoms with E-state index in [0.717, 1.165) is 0 Å². The van der Waals surface area contributed by atoms with E-state index >= 15 is 0 Å². The second kappa shape index (κ2) is 8.16. The molecule has 0 spiro atoms. The van der Waals surface area contributed by atoms with Gasteiger partial charge in [0.1, 0.15) is 17.2 Å². The number of amides is 1. The Hall–Kier alpha value is -3.06. The molecule has 130 valence electrons. The molecule has 0 aliphatic carbocycles. The lowest BCUT2D eigenvalue weighted by Gasteiger charge is -2.07. The summed E-state index contributed by atoms with van der Waals surface area (Å²) in [7, 11) is 3.04. The molecule has 0 aromatic heterocycles. The number of ether oxygens (including phenoxy) is 2. The van der Waals surface area contributed by atoms with Crippen LogP contribution in [0.4, 0.5) is 11.4 Å². The fraction of sp³-hybridized carbons (Fsp3) is 0.118. The molecule has 0 atom stereocenters. The van der Waals surface area contributed by atoms with Crippen LogP contribution in [0.3, 0.4) is 0 Å². The number of carbonyl (C=O) groups is 1. The van der Waals surface area contributed by atoms with Crippen molar-refractivity contribution in [3.8, 4) is 11.5 Å². The molecule has 0 radical (unpaired) electrons. The van der Waals surface area contributed by atoms with Gasteiger partial charge >= 0.3 is 0 Å². The third-order valence-corrected chi connectivity index (χ3v) is 3.50. The van der Waals surface area contributed by atoms with Gasteiger partial charge in [-0.2, -0.15) is 0 Å². The zero-order chi connectivity index (χ0) is 18.4. The van der Waals surface area contributed by atoms with E-state index in [9.17, 15) is 14.9 Å². The van der Waals surface area contributed by atoms with Crippen molar-refractivity contribution in [3.63, 3.8) is 0 Å². The van der Waals surface area contributed by atoms with Crippen LogP contribution in [-0.2, 0) is 4.79 Å². The summed E-state index contributed by atoms with van der Waals surface area (Å²) in [6.45, 7) is 0. The standard InChI is InChI=1S/C17H15ClN2O5/c1-24-13-5-7-16(25-2)11(9-13)3-8-17(21)19-14-6-4-12(18)10-15(14)20(22)23/h3-10H,1-2H3,(H,19,21). The van der Waals surface area contributed by atoms with Crippen LogP contribution in [0.25, 0.3) is 6.08 Å². The molecule has 8 heteroatoms. The number of nitrogens with one attached hydrogen (secondary N) is 1. The fourth-order valence-corrected chi connectivity index (χ4v) is 2.24. The molecule has 0 aliphatic heterocycles. The Kier molecular flexibility index (Phi) is 5.97. The van der Waals surface area contributed by atoms with Gasteiger partial charge in [-0.3, -0.25) is 14.9 Å². The lowest BCUT2D eigenvalue weighted by molar-refractivity contribution is -0.383. The highest BCUT2D eigenvalue weighted by Gasteiger charge is 2.15. The highest BCUT2D eigenvalue weighted by atomic mass is 35.5. The van der Waals surface area contributed by atoms with Gasteiger partial charge in [0.15, 0.2) is 0 Å². The quantitative estimate of drug-likeness (QED) is 0.478. The largest absolute Gasteiger partial charge is 0.497 e. The second-order valence-corrected chi connectivity index (χ2v) is 5.29. The van der Waals surface area contributed by atoms with Gasteiger partial charge < -0.3 is 14.8 Å². The number of nitro groups is 1. The number of rotatable bonds is 6. The number of nitro benzene ring substituents is 1. The number of benzene rings is 2. The fourth-order valence-electron chi connectivity index (χ4n) is 2.07. The zero-order valence-electron chi connectivity index (χ0n) is 13.5. The molecule has 1 amide bonds. The summed E-state index contributed by atoms with van der Waals surface area (Å²) >= 11 is 5.74. The van der Waals surface area contributed by atoms with Crippen molar-refractivity contribution in [2.24, 2.45) is 0 Å². The normalized spacial score (nSPS) is 10.5. The summed E-state index contributed by atoms with van der Waals surface area (Å²) in [5.74, 6) is 0.631. The van der Waals surface area contributed by atoms with E-state index in [1.807, 2.05) is 0 Å². The van der Waals surface area contributed by atoms with Crippen LogP contribution >= 0.6 is 11.6 Å². The van der Waals surface area contributed by atoms with E-state index in [2.05, 4.69) is 5.32 Å². The Bertz CT molecular complexity index is 836. The Morgan fingerprint density at radius 2 is 1.96 bits per heavy atom. The number of methoxy groups -OCH3 is 2. The molecule has 0 unspecified atom stereocenters. The highest BCUT2D eigenvalue weighted by Crippen LogP contribution is 2.28. The topological polar surface area (TPSA) is 90.7 Å². The molecule has 2 aromatic carbocycles. The van der Waals surface area contributed by atoms with Gasteiger partial charge in [0, 0.05) is 22.7 Å². The summed E-state index contributed by atoms with van der Waals surface area (Å²) in [6, 6.07) is 9.14. The molecule has 0 heterocycles. The zero-order valence-corrected chi connectivity index (χ0v) is 14.2. The van der Waals surface area contributed by atoms with Crippen LogP contribution in [0.1, 0.15) is 5.56 Å². The van der Waals surface area contributed by atoms with Crippen molar-refractivity contribution in [1.29, 1.82) is 0 Å². The van der Waals surface area contributed by atoms with E-state index in [4.69, 9.17) is 21.1 Å². The van der Waals surface area contributed by atoms with E-state index in [0.29, 0.717) is 17.1 Å². The van der Waals surface area contributed by atoms with Gasteiger partial charge in [0.05, 0.1) is 19.1 Å². The molecule has 0 saturated carbocycles. The average molecular weight is 363 g/mol. The van der Waals surface area contributed by atoms with Crippen LogP contribution in [-0.4, -0.2) is 25.1 Å². The lowest BCUT2D eigenvalue weighted by atomic mass is 10.1. The molecule has 2 aromatic rings. The van der Waals surface area contributed by atoms with Crippen LogP contribution in [0.15, 0.2) is 42.5 Å². The van der Waals surface area contributed by atoms with Gasteiger partial charge in [0.2, 0.25) is 5.91 Å². The van der Waals surface area contributed by atoms with Crippen molar-refractivity contribution in [2.75, 3.05) is 19.5 Å². The lowest BCUT2D eigenvalue weighted by Crippen LogP contribution is -2.09. The van der Waals surface area contributed by atoms with E-state index < -0.39 is 10.8 Å². The smallest absolute Gasteiger partial charge is 0.294 e.